The SMILES string of the molecule is CCCN(CC1CC1)C(=O)COC(=O)CNC(=O)c1cc(OC)cc(OC)c1. The summed E-state index contributed by atoms with van der Waals surface area (Å²) in [5.41, 5.74) is 0.290. The van der Waals surface area contributed by atoms with Crippen molar-refractivity contribution in [3.8, 4) is 11.5 Å². The molecule has 8 nitrogen and oxygen atoms in total. The number of hydrogen-bond acceptors (Lipinski definition) is 6. The standard InChI is InChI=1S/C20H28N2O6/c1-4-7-22(12-14-5-6-14)18(23)13-28-19(24)11-21-20(25)15-8-16(26-2)10-17(9-15)27-3/h8-10,14H,4-7,11-13H2,1-3H3,(H,21,25). The van der Waals surface area contributed by atoms with Crippen molar-refractivity contribution in [1.82, 2.24) is 10.2 Å². The molecule has 0 spiro atoms. The third-order valence-electron chi connectivity index (χ3n) is 4.39. The van der Waals surface area contributed by atoms with Crippen LogP contribution in [0.4, 0.5) is 0 Å². The molecule has 1 N–H and O–H groups in total. The van der Waals surface area contributed by atoms with Gasteiger partial charge in [-0.15, -0.1) is 0 Å². The Morgan fingerprint density at radius 3 is 2.29 bits per heavy atom. The minimum Gasteiger partial charge on any atom is -0.497 e. The summed E-state index contributed by atoms with van der Waals surface area (Å²) in [7, 11) is 2.96. The van der Waals surface area contributed by atoms with E-state index < -0.39 is 11.9 Å². The summed E-state index contributed by atoms with van der Waals surface area (Å²) in [6, 6.07) is 4.71. The number of benzene rings is 1. The van der Waals surface area contributed by atoms with Gasteiger partial charge in [-0.05, 0) is 37.3 Å². The van der Waals surface area contributed by atoms with E-state index in [9.17, 15) is 14.4 Å². The van der Waals surface area contributed by atoms with Gasteiger partial charge in [-0.1, -0.05) is 6.92 Å². The molecule has 0 saturated heterocycles. The van der Waals surface area contributed by atoms with Crippen LogP contribution in [0.25, 0.3) is 0 Å². The van der Waals surface area contributed by atoms with Gasteiger partial charge in [-0.2, -0.15) is 0 Å². The van der Waals surface area contributed by atoms with Gasteiger partial charge in [0.05, 0.1) is 14.2 Å². The van der Waals surface area contributed by atoms with Gasteiger partial charge in [0.15, 0.2) is 6.61 Å². The molecule has 0 atom stereocenters. The van der Waals surface area contributed by atoms with Crippen LogP contribution in [0.3, 0.4) is 0 Å². The highest BCUT2D eigenvalue weighted by Crippen LogP contribution is 2.29. The number of esters is 1. The van der Waals surface area contributed by atoms with Gasteiger partial charge >= 0.3 is 5.97 Å². The minimum absolute atomic E-state index is 0.203. The normalized spacial score (nSPS) is 12.8. The van der Waals surface area contributed by atoms with Gasteiger partial charge in [0, 0.05) is 24.7 Å². The van der Waals surface area contributed by atoms with Gasteiger partial charge in [0.1, 0.15) is 18.0 Å². The molecule has 1 aliphatic carbocycles. The van der Waals surface area contributed by atoms with Crippen LogP contribution < -0.4 is 14.8 Å². The number of amides is 2. The second-order valence-electron chi connectivity index (χ2n) is 6.73. The number of carbonyl (C=O) groups excluding carboxylic acids is 3. The Hall–Kier alpha value is -2.77. The third kappa shape index (κ3) is 6.75. The van der Waals surface area contributed by atoms with Crippen LogP contribution in [0.15, 0.2) is 18.2 Å². The van der Waals surface area contributed by atoms with E-state index in [1.165, 1.54) is 26.4 Å². The monoisotopic (exact) mass is 392 g/mol. The first-order valence-corrected chi connectivity index (χ1v) is 9.41. The molecule has 28 heavy (non-hydrogen) atoms. The van der Waals surface area contributed by atoms with Crippen molar-refractivity contribution >= 4 is 17.8 Å². The van der Waals surface area contributed by atoms with E-state index in [4.69, 9.17) is 14.2 Å². The highest BCUT2D eigenvalue weighted by Gasteiger charge is 2.26. The third-order valence-corrected chi connectivity index (χ3v) is 4.39. The lowest BCUT2D eigenvalue weighted by Crippen LogP contribution is -2.38. The predicted octanol–water partition coefficient (Wildman–Crippen LogP) is 1.63. The quantitative estimate of drug-likeness (QED) is 0.575. The van der Waals surface area contributed by atoms with Crippen molar-refractivity contribution in [3.63, 3.8) is 0 Å². The molecular formula is C20H28N2O6. The Morgan fingerprint density at radius 1 is 1.11 bits per heavy atom. The summed E-state index contributed by atoms with van der Waals surface area (Å²) in [6.07, 6.45) is 3.15. The van der Waals surface area contributed by atoms with Crippen LogP contribution in [-0.4, -0.2) is 63.1 Å². The molecule has 0 aliphatic heterocycles. The molecule has 154 valence electrons. The smallest absolute Gasteiger partial charge is 0.325 e. The molecule has 1 aliphatic rings. The van der Waals surface area contributed by atoms with Crippen molar-refractivity contribution in [3.05, 3.63) is 23.8 Å². The molecule has 1 fully saturated rings. The second-order valence-corrected chi connectivity index (χ2v) is 6.73. The maximum absolute atomic E-state index is 12.2. The lowest BCUT2D eigenvalue weighted by Gasteiger charge is -2.21. The number of nitrogens with one attached hydrogen (secondary N) is 1. The van der Waals surface area contributed by atoms with E-state index >= 15 is 0 Å². The lowest BCUT2D eigenvalue weighted by molar-refractivity contribution is -0.151. The number of ether oxygens (including phenoxy) is 3. The predicted molar refractivity (Wildman–Crippen MR) is 102 cm³/mol. The fraction of sp³-hybridized carbons (Fsp3) is 0.550. The maximum atomic E-state index is 12.2. The van der Waals surface area contributed by atoms with Crippen molar-refractivity contribution < 1.29 is 28.6 Å². The lowest BCUT2D eigenvalue weighted by atomic mass is 10.2. The minimum atomic E-state index is -0.667. The Balaban J connectivity index is 1.79. The van der Waals surface area contributed by atoms with Crippen LogP contribution >= 0.6 is 0 Å². The summed E-state index contributed by atoms with van der Waals surface area (Å²) in [5, 5.41) is 2.47. The van der Waals surface area contributed by atoms with Crippen molar-refractivity contribution in [2.45, 2.75) is 26.2 Å². The molecule has 1 aromatic rings. The topological polar surface area (TPSA) is 94.2 Å². The highest BCUT2D eigenvalue weighted by molar-refractivity contribution is 5.96. The average molecular weight is 392 g/mol. The highest BCUT2D eigenvalue weighted by atomic mass is 16.5. The van der Waals surface area contributed by atoms with Crippen LogP contribution in [-0.2, 0) is 14.3 Å². The van der Waals surface area contributed by atoms with E-state index in [1.54, 1.807) is 11.0 Å². The Morgan fingerprint density at radius 2 is 1.75 bits per heavy atom. The second kappa shape index (κ2) is 10.5. The number of methoxy groups -OCH3 is 2. The molecule has 0 unspecified atom stereocenters. The summed E-state index contributed by atoms with van der Waals surface area (Å²) in [5.74, 6) is 0.159. The van der Waals surface area contributed by atoms with Gasteiger partial charge in [0.2, 0.25) is 0 Å². The first-order chi connectivity index (χ1) is 13.5. The first-order valence-electron chi connectivity index (χ1n) is 9.41. The summed E-state index contributed by atoms with van der Waals surface area (Å²) in [4.78, 5) is 38.1. The Kier molecular flexibility index (Phi) is 8.10. The Labute approximate surface area is 165 Å². The summed E-state index contributed by atoms with van der Waals surface area (Å²) < 4.78 is 15.3. The summed E-state index contributed by atoms with van der Waals surface area (Å²) >= 11 is 0. The van der Waals surface area contributed by atoms with Crippen LogP contribution in [0, 0.1) is 5.92 Å². The fourth-order valence-electron chi connectivity index (χ4n) is 2.68. The maximum Gasteiger partial charge on any atom is 0.325 e. The number of hydrogen-bond donors (Lipinski definition) is 1. The molecule has 0 aromatic heterocycles. The Bertz CT molecular complexity index is 680. The zero-order valence-corrected chi connectivity index (χ0v) is 16.7. The average Bonchev–Trinajstić information content (AvgIpc) is 3.53. The van der Waals surface area contributed by atoms with Gasteiger partial charge in [-0.3, -0.25) is 14.4 Å². The molecule has 2 amide bonds. The zero-order chi connectivity index (χ0) is 20.5. The van der Waals surface area contributed by atoms with Crippen molar-refractivity contribution in [2.75, 3.05) is 40.5 Å². The molecule has 2 rings (SSSR count). The number of rotatable bonds is 11. The largest absolute Gasteiger partial charge is 0.497 e. The van der Waals surface area contributed by atoms with E-state index in [0.717, 1.165) is 25.8 Å². The van der Waals surface area contributed by atoms with Gasteiger partial charge in [0.25, 0.3) is 11.8 Å². The fourth-order valence-corrected chi connectivity index (χ4v) is 2.68. The first kappa shape index (κ1) is 21.5. The van der Waals surface area contributed by atoms with Crippen LogP contribution in [0.5, 0.6) is 11.5 Å². The van der Waals surface area contributed by atoms with E-state index in [1.807, 2.05) is 6.92 Å². The number of nitrogens with zero attached hydrogens (tertiary/aromatic N) is 1. The van der Waals surface area contributed by atoms with E-state index in [2.05, 4.69) is 5.32 Å². The van der Waals surface area contributed by atoms with Gasteiger partial charge in [-0.25, -0.2) is 0 Å². The zero-order valence-electron chi connectivity index (χ0n) is 16.7. The molecule has 8 heteroatoms. The van der Waals surface area contributed by atoms with E-state index in [-0.39, 0.29) is 19.1 Å². The van der Waals surface area contributed by atoms with Gasteiger partial charge < -0.3 is 24.4 Å². The van der Waals surface area contributed by atoms with E-state index in [0.29, 0.717) is 29.5 Å². The molecule has 0 radical (unpaired) electrons. The van der Waals surface area contributed by atoms with Crippen LogP contribution in [0.1, 0.15) is 36.5 Å². The molecule has 0 bridgehead atoms. The number of carbonyl (C=O) groups is 3. The molecule has 1 aromatic carbocycles. The molecular weight excluding hydrogens is 364 g/mol. The van der Waals surface area contributed by atoms with Crippen molar-refractivity contribution in [1.29, 1.82) is 0 Å². The molecule has 0 heterocycles. The molecule has 1 saturated carbocycles. The van der Waals surface area contributed by atoms with Crippen LogP contribution in [0.2, 0.25) is 0 Å². The van der Waals surface area contributed by atoms with Crippen molar-refractivity contribution in [2.24, 2.45) is 5.92 Å². The summed E-state index contributed by atoms with van der Waals surface area (Å²) in [6.45, 7) is 2.73.